The van der Waals surface area contributed by atoms with Gasteiger partial charge in [-0.2, -0.15) is 5.10 Å². The fourth-order valence-electron chi connectivity index (χ4n) is 1.77. The van der Waals surface area contributed by atoms with E-state index in [0.717, 1.165) is 31.4 Å². The van der Waals surface area contributed by atoms with Crippen molar-refractivity contribution in [1.29, 1.82) is 0 Å². The highest BCUT2D eigenvalue weighted by atomic mass is 16.5. The van der Waals surface area contributed by atoms with Crippen LogP contribution in [-0.4, -0.2) is 28.5 Å². The van der Waals surface area contributed by atoms with E-state index in [4.69, 9.17) is 4.74 Å². The molecule has 1 saturated carbocycles. The quantitative estimate of drug-likeness (QED) is 0.787. The normalized spacial score (nSPS) is 15.8. The molecular formula is C13H23N3O. The van der Waals surface area contributed by atoms with Crippen molar-refractivity contribution in [3.8, 4) is 0 Å². The lowest BCUT2D eigenvalue weighted by atomic mass is 10.2. The molecule has 1 aliphatic rings. The molecule has 0 unspecified atom stereocenters. The summed E-state index contributed by atoms with van der Waals surface area (Å²) in [6, 6.07) is 0.752. The van der Waals surface area contributed by atoms with E-state index in [0.29, 0.717) is 6.10 Å². The minimum Gasteiger partial charge on any atom is -0.377 e. The Labute approximate surface area is 103 Å². The second kappa shape index (κ2) is 5.65. The predicted molar refractivity (Wildman–Crippen MR) is 67.9 cm³/mol. The molecule has 96 valence electrons. The van der Waals surface area contributed by atoms with Crippen LogP contribution in [0.2, 0.25) is 0 Å². The topological polar surface area (TPSA) is 39.1 Å². The molecule has 0 radical (unpaired) electrons. The number of nitrogens with one attached hydrogen (secondary N) is 1. The lowest BCUT2D eigenvalue weighted by molar-refractivity contribution is 0.0709. The van der Waals surface area contributed by atoms with Gasteiger partial charge in [0.1, 0.15) is 0 Å². The Bertz CT molecular complexity index is 356. The summed E-state index contributed by atoms with van der Waals surface area (Å²) in [6.07, 6.45) is 5.09. The van der Waals surface area contributed by atoms with Gasteiger partial charge in [-0.25, -0.2) is 0 Å². The third kappa shape index (κ3) is 4.13. The van der Waals surface area contributed by atoms with Crippen LogP contribution in [0.3, 0.4) is 0 Å². The number of hydrogen-bond acceptors (Lipinski definition) is 3. The Balaban J connectivity index is 1.79. The highest BCUT2D eigenvalue weighted by Crippen LogP contribution is 2.19. The molecule has 1 N–H and O–H groups in total. The van der Waals surface area contributed by atoms with Crippen molar-refractivity contribution in [1.82, 2.24) is 15.1 Å². The van der Waals surface area contributed by atoms with Gasteiger partial charge in [-0.1, -0.05) is 0 Å². The number of aromatic nitrogens is 2. The highest BCUT2D eigenvalue weighted by molar-refractivity contribution is 5.15. The van der Waals surface area contributed by atoms with Crippen molar-refractivity contribution >= 4 is 0 Å². The maximum atomic E-state index is 5.53. The third-order valence-corrected chi connectivity index (χ3v) is 2.98. The average molecular weight is 237 g/mol. The van der Waals surface area contributed by atoms with Crippen molar-refractivity contribution < 1.29 is 4.74 Å². The van der Waals surface area contributed by atoms with E-state index in [1.54, 1.807) is 0 Å². The van der Waals surface area contributed by atoms with Crippen LogP contribution < -0.4 is 5.32 Å². The molecule has 1 aliphatic carbocycles. The van der Waals surface area contributed by atoms with Gasteiger partial charge in [-0.3, -0.25) is 4.68 Å². The van der Waals surface area contributed by atoms with Crippen LogP contribution in [0.4, 0.5) is 0 Å². The summed E-state index contributed by atoms with van der Waals surface area (Å²) < 4.78 is 7.51. The zero-order chi connectivity index (χ0) is 12.3. The van der Waals surface area contributed by atoms with E-state index in [1.165, 1.54) is 18.4 Å². The van der Waals surface area contributed by atoms with Crippen molar-refractivity contribution in [3.05, 3.63) is 17.5 Å². The molecule has 17 heavy (non-hydrogen) atoms. The van der Waals surface area contributed by atoms with Crippen LogP contribution >= 0.6 is 0 Å². The molecule has 4 heteroatoms. The Morgan fingerprint density at radius 2 is 2.29 bits per heavy atom. The lowest BCUT2D eigenvalue weighted by Crippen LogP contribution is -2.15. The van der Waals surface area contributed by atoms with Gasteiger partial charge in [0.15, 0.2) is 0 Å². The largest absolute Gasteiger partial charge is 0.377 e. The van der Waals surface area contributed by atoms with E-state index in [-0.39, 0.29) is 0 Å². The van der Waals surface area contributed by atoms with Gasteiger partial charge in [-0.05, 0) is 33.6 Å². The van der Waals surface area contributed by atoms with Crippen molar-refractivity contribution in [2.75, 3.05) is 6.61 Å². The predicted octanol–water partition coefficient (Wildman–Crippen LogP) is 1.87. The van der Waals surface area contributed by atoms with E-state index in [2.05, 4.69) is 37.4 Å². The van der Waals surface area contributed by atoms with Gasteiger partial charge < -0.3 is 10.1 Å². The summed E-state index contributed by atoms with van der Waals surface area (Å²) in [5.41, 5.74) is 2.43. The van der Waals surface area contributed by atoms with E-state index >= 15 is 0 Å². The first kappa shape index (κ1) is 12.6. The number of aryl methyl sites for hydroxylation is 1. The molecule has 0 aromatic carbocycles. The van der Waals surface area contributed by atoms with Crippen LogP contribution in [0.15, 0.2) is 6.20 Å². The summed E-state index contributed by atoms with van der Waals surface area (Å²) in [5, 5.41) is 8.02. The molecular weight excluding hydrogens is 214 g/mol. The molecule has 0 amide bonds. The number of ether oxygens (including phenoxy) is 1. The molecule has 0 aliphatic heterocycles. The minimum absolute atomic E-state index is 0.294. The number of rotatable bonds is 7. The van der Waals surface area contributed by atoms with Crippen LogP contribution in [0.25, 0.3) is 0 Å². The van der Waals surface area contributed by atoms with Crippen molar-refractivity contribution in [2.24, 2.45) is 0 Å². The van der Waals surface area contributed by atoms with Gasteiger partial charge in [0.2, 0.25) is 0 Å². The van der Waals surface area contributed by atoms with Crippen LogP contribution in [-0.2, 0) is 17.8 Å². The second-order valence-corrected chi connectivity index (χ2v) is 5.08. The van der Waals surface area contributed by atoms with Crippen LogP contribution in [0.1, 0.15) is 37.9 Å². The Morgan fingerprint density at radius 3 is 2.94 bits per heavy atom. The first-order valence-electron chi connectivity index (χ1n) is 6.53. The van der Waals surface area contributed by atoms with Crippen molar-refractivity contribution in [3.63, 3.8) is 0 Å². The SMILES string of the molecule is Cc1nn(CCOC(C)C)cc1CNC1CC1. The van der Waals surface area contributed by atoms with Gasteiger partial charge >= 0.3 is 0 Å². The molecule has 0 saturated heterocycles. The summed E-state index contributed by atoms with van der Waals surface area (Å²) in [6.45, 7) is 8.70. The standard InChI is InChI=1S/C13H23N3O/c1-10(2)17-7-6-16-9-12(11(3)15-16)8-14-13-4-5-13/h9-10,13-14H,4-8H2,1-3H3. The molecule has 1 heterocycles. The highest BCUT2D eigenvalue weighted by Gasteiger charge is 2.20. The second-order valence-electron chi connectivity index (χ2n) is 5.08. The summed E-state index contributed by atoms with van der Waals surface area (Å²) in [4.78, 5) is 0. The molecule has 4 nitrogen and oxygen atoms in total. The minimum atomic E-state index is 0.294. The van der Waals surface area contributed by atoms with Crippen LogP contribution in [0.5, 0.6) is 0 Å². The van der Waals surface area contributed by atoms with E-state index < -0.39 is 0 Å². The molecule has 1 fully saturated rings. The summed E-state index contributed by atoms with van der Waals surface area (Å²) >= 11 is 0. The first-order valence-corrected chi connectivity index (χ1v) is 6.53. The monoisotopic (exact) mass is 237 g/mol. The average Bonchev–Trinajstić information content (AvgIpc) is 3.01. The van der Waals surface area contributed by atoms with Gasteiger partial charge in [0, 0.05) is 24.3 Å². The number of nitrogens with zero attached hydrogens (tertiary/aromatic N) is 2. The summed E-state index contributed by atoms with van der Waals surface area (Å²) in [5.74, 6) is 0. The van der Waals surface area contributed by atoms with E-state index in [1.807, 2.05) is 4.68 Å². The fraction of sp³-hybridized carbons (Fsp3) is 0.769. The molecule has 1 aromatic heterocycles. The molecule has 2 rings (SSSR count). The molecule has 0 atom stereocenters. The summed E-state index contributed by atoms with van der Waals surface area (Å²) in [7, 11) is 0. The van der Waals surface area contributed by atoms with E-state index in [9.17, 15) is 0 Å². The zero-order valence-electron chi connectivity index (χ0n) is 11.1. The zero-order valence-corrected chi connectivity index (χ0v) is 11.1. The smallest absolute Gasteiger partial charge is 0.0666 e. The maximum absolute atomic E-state index is 5.53. The Morgan fingerprint density at radius 1 is 1.53 bits per heavy atom. The molecule has 0 spiro atoms. The van der Waals surface area contributed by atoms with Gasteiger partial charge in [-0.15, -0.1) is 0 Å². The van der Waals surface area contributed by atoms with Gasteiger partial charge in [0.05, 0.1) is 24.9 Å². The first-order chi connectivity index (χ1) is 8.15. The molecule has 1 aromatic rings. The third-order valence-electron chi connectivity index (χ3n) is 2.98. The van der Waals surface area contributed by atoms with Crippen LogP contribution in [0, 0.1) is 6.92 Å². The maximum Gasteiger partial charge on any atom is 0.0666 e. The van der Waals surface area contributed by atoms with Gasteiger partial charge in [0.25, 0.3) is 0 Å². The number of hydrogen-bond donors (Lipinski definition) is 1. The fourth-order valence-corrected chi connectivity index (χ4v) is 1.77. The Kier molecular flexibility index (Phi) is 4.18. The lowest BCUT2D eigenvalue weighted by Gasteiger charge is -2.06. The Hall–Kier alpha value is -0.870. The van der Waals surface area contributed by atoms with Crippen molar-refractivity contribution in [2.45, 2.75) is 58.8 Å². The molecule has 0 bridgehead atoms.